The molecule has 1 heterocycles. The largest absolute Gasteiger partial charge is 0.506 e. The van der Waals surface area contributed by atoms with E-state index in [1.807, 2.05) is 13.0 Å². The summed E-state index contributed by atoms with van der Waals surface area (Å²) >= 11 is 5.54. The minimum atomic E-state index is 0.00288. The molecule has 1 unspecified atom stereocenters. The highest BCUT2D eigenvalue weighted by Crippen LogP contribution is 2.27. The lowest BCUT2D eigenvalue weighted by molar-refractivity contribution is -0.105. The topological polar surface area (TPSA) is 90.0 Å². The van der Waals surface area contributed by atoms with Crippen molar-refractivity contribution in [3.8, 4) is 5.75 Å². The molecule has 0 saturated heterocycles. The molecule has 4 rings (SSSR count). The van der Waals surface area contributed by atoms with Gasteiger partial charge in [-0.2, -0.15) is 0 Å². The highest BCUT2D eigenvalue weighted by Gasteiger charge is 2.19. The van der Waals surface area contributed by atoms with Gasteiger partial charge in [-0.3, -0.25) is 4.79 Å². The number of aromatic amines is 1. The van der Waals surface area contributed by atoms with Crippen molar-refractivity contribution in [2.75, 3.05) is 5.32 Å². The molecule has 7 heteroatoms. The molecule has 1 aliphatic rings. The number of benzene rings is 2. The first-order chi connectivity index (χ1) is 18.7. The van der Waals surface area contributed by atoms with Crippen LogP contribution in [0, 0.1) is 5.92 Å². The lowest BCUT2D eigenvalue weighted by Gasteiger charge is -2.28. The van der Waals surface area contributed by atoms with Gasteiger partial charge in [-0.15, -0.1) is 6.58 Å². The van der Waals surface area contributed by atoms with Crippen molar-refractivity contribution >= 4 is 40.4 Å². The molecule has 1 amide bonds. The van der Waals surface area contributed by atoms with Crippen LogP contribution in [0.4, 0.5) is 5.69 Å². The summed E-state index contributed by atoms with van der Waals surface area (Å²) in [4.78, 5) is 18.2. The maximum Gasteiger partial charge on any atom is 0.211 e. The van der Waals surface area contributed by atoms with Gasteiger partial charge in [0.1, 0.15) is 11.6 Å². The van der Waals surface area contributed by atoms with Crippen molar-refractivity contribution in [2.24, 2.45) is 5.92 Å². The van der Waals surface area contributed by atoms with Crippen molar-refractivity contribution < 1.29 is 9.90 Å². The minimum Gasteiger partial charge on any atom is -0.506 e. The third-order valence-corrected chi connectivity index (χ3v) is 7.31. The number of phenols is 1. The molecule has 39 heavy (non-hydrogen) atoms. The van der Waals surface area contributed by atoms with E-state index in [2.05, 4.69) is 79.1 Å². The van der Waals surface area contributed by atoms with Crippen molar-refractivity contribution in [3.63, 3.8) is 0 Å². The molecule has 1 fully saturated rings. The van der Waals surface area contributed by atoms with Gasteiger partial charge in [0, 0.05) is 17.4 Å². The van der Waals surface area contributed by atoms with E-state index in [4.69, 9.17) is 21.7 Å². The SMILES string of the molecule is C=CC(/C=C\C(C)=C/C)c1nc2ccc(C(=C)NC3CCC(C)CC3)cc2[nH]1.O=CNc1ccc(O)c(Cl)c1. The van der Waals surface area contributed by atoms with Gasteiger partial charge in [-0.25, -0.2) is 4.98 Å². The number of allylic oxidation sites excluding steroid dienone is 5. The van der Waals surface area contributed by atoms with Gasteiger partial charge in [-0.05, 0) is 81.3 Å². The van der Waals surface area contributed by atoms with Crippen LogP contribution in [0.5, 0.6) is 5.75 Å². The summed E-state index contributed by atoms with van der Waals surface area (Å²) in [5, 5.41) is 15.2. The van der Waals surface area contributed by atoms with E-state index in [9.17, 15) is 4.79 Å². The molecule has 3 aromatic rings. The third kappa shape index (κ3) is 8.62. The van der Waals surface area contributed by atoms with Crippen LogP contribution in [0.1, 0.15) is 63.8 Å². The molecule has 1 aliphatic carbocycles. The number of anilines is 1. The zero-order chi connectivity index (χ0) is 28.4. The van der Waals surface area contributed by atoms with E-state index in [-0.39, 0.29) is 16.7 Å². The maximum atomic E-state index is 9.95. The smallest absolute Gasteiger partial charge is 0.211 e. The number of nitrogens with one attached hydrogen (secondary N) is 3. The standard InChI is InChI=1S/C25H33N3.C7H6ClNO2/c1-6-17(3)8-11-20(7-2)25-27-23-15-12-21(16-24(23)28-25)19(5)26-22-13-9-18(4)10-14-22;8-6-3-5(9-4-10)1-2-7(6)11/h6-8,11-12,15-16,18,20,22,26H,2,5,9-10,13-14H2,1,3-4H3,(H,27,28);1-4,11H,(H,9,10)/b11-8-,17-6-;. The van der Waals surface area contributed by atoms with Gasteiger partial charge in [-0.1, -0.05) is 61.0 Å². The number of nitrogens with zero attached hydrogens (tertiary/aromatic N) is 1. The Morgan fingerprint density at radius 2 is 1.95 bits per heavy atom. The third-order valence-electron chi connectivity index (χ3n) is 7.01. The molecule has 0 spiro atoms. The molecule has 1 atom stereocenters. The van der Waals surface area contributed by atoms with E-state index in [1.54, 1.807) is 6.07 Å². The van der Waals surface area contributed by atoms with Crippen LogP contribution >= 0.6 is 11.6 Å². The monoisotopic (exact) mass is 546 g/mol. The number of carbonyl (C=O) groups is 1. The van der Waals surface area contributed by atoms with Crippen molar-refractivity contribution in [2.45, 2.75) is 58.4 Å². The predicted octanol–water partition coefficient (Wildman–Crippen LogP) is 8.11. The lowest BCUT2D eigenvalue weighted by Crippen LogP contribution is -2.31. The fraction of sp³-hybridized carbons (Fsp3) is 0.312. The molecular formula is C32H39ClN4O2. The normalized spacial score (nSPS) is 18.2. The van der Waals surface area contributed by atoms with E-state index in [0.29, 0.717) is 18.1 Å². The van der Waals surface area contributed by atoms with Crippen LogP contribution in [-0.2, 0) is 4.79 Å². The number of H-pyrrole nitrogens is 1. The van der Waals surface area contributed by atoms with Gasteiger partial charge in [0.15, 0.2) is 0 Å². The second-order valence-electron chi connectivity index (χ2n) is 10.0. The average molecular weight is 547 g/mol. The Balaban J connectivity index is 0.000000320. The first-order valence-corrected chi connectivity index (χ1v) is 13.7. The molecule has 1 saturated carbocycles. The summed E-state index contributed by atoms with van der Waals surface area (Å²) < 4.78 is 0. The number of aromatic nitrogens is 2. The maximum absolute atomic E-state index is 9.95. The molecule has 4 N–H and O–H groups in total. The Bertz CT molecular complexity index is 1350. The van der Waals surface area contributed by atoms with Crippen LogP contribution in [0.25, 0.3) is 16.7 Å². The van der Waals surface area contributed by atoms with Crippen LogP contribution in [0.3, 0.4) is 0 Å². The van der Waals surface area contributed by atoms with Crippen LogP contribution < -0.4 is 10.6 Å². The highest BCUT2D eigenvalue weighted by molar-refractivity contribution is 6.32. The summed E-state index contributed by atoms with van der Waals surface area (Å²) in [6.45, 7) is 14.7. The first-order valence-electron chi connectivity index (χ1n) is 13.3. The zero-order valence-electron chi connectivity index (χ0n) is 23.0. The molecule has 0 aliphatic heterocycles. The van der Waals surface area contributed by atoms with E-state index < -0.39 is 0 Å². The van der Waals surface area contributed by atoms with Gasteiger partial charge in [0.05, 0.1) is 22.0 Å². The minimum absolute atomic E-state index is 0.00288. The summed E-state index contributed by atoms with van der Waals surface area (Å²) in [5.41, 5.74) is 5.92. The highest BCUT2D eigenvalue weighted by atomic mass is 35.5. The van der Waals surface area contributed by atoms with Crippen LogP contribution in [-0.4, -0.2) is 27.5 Å². The van der Waals surface area contributed by atoms with Crippen LogP contribution in [0.2, 0.25) is 5.02 Å². The van der Waals surface area contributed by atoms with Gasteiger partial charge < -0.3 is 20.7 Å². The summed E-state index contributed by atoms with van der Waals surface area (Å²) in [6, 6.07) is 11.3. The molecule has 6 nitrogen and oxygen atoms in total. The number of phenolic OH excluding ortho intramolecular Hbond substituents is 1. The summed E-state index contributed by atoms with van der Waals surface area (Å²) in [7, 11) is 0. The number of hydrogen-bond acceptors (Lipinski definition) is 4. The number of amides is 1. The Morgan fingerprint density at radius 3 is 2.59 bits per heavy atom. The summed E-state index contributed by atoms with van der Waals surface area (Å²) in [6.07, 6.45) is 13.9. The van der Waals surface area contributed by atoms with Gasteiger partial charge >= 0.3 is 0 Å². The number of rotatable bonds is 9. The Labute approximate surface area is 236 Å². The number of fused-ring (bicyclic) bond motifs is 1. The molecule has 1 aromatic heterocycles. The number of imidazole rings is 1. The lowest BCUT2D eigenvalue weighted by atomic mass is 9.87. The van der Waals surface area contributed by atoms with Crippen molar-refractivity contribution in [1.82, 2.24) is 15.3 Å². The van der Waals surface area contributed by atoms with E-state index >= 15 is 0 Å². The molecule has 0 radical (unpaired) electrons. The molecule has 0 bridgehead atoms. The fourth-order valence-electron chi connectivity index (χ4n) is 4.41. The number of carbonyl (C=O) groups excluding carboxylic acids is 1. The van der Waals surface area contributed by atoms with Crippen LogP contribution in [0.15, 0.2) is 79.4 Å². The number of halogens is 1. The Kier molecular flexibility index (Phi) is 11.0. The fourth-order valence-corrected chi connectivity index (χ4v) is 4.59. The second-order valence-corrected chi connectivity index (χ2v) is 10.4. The number of hydrogen-bond donors (Lipinski definition) is 4. The molecule has 206 valence electrons. The summed E-state index contributed by atoms with van der Waals surface area (Å²) in [5.74, 6) is 1.84. The van der Waals surface area contributed by atoms with Crippen molar-refractivity contribution in [1.29, 1.82) is 0 Å². The Hall–Kier alpha value is -3.77. The average Bonchev–Trinajstić information content (AvgIpc) is 3.36. The number of aromatic hydroxyl groups is 1. The van der Waals surface area contributed by atoms with E-state index in [1.165, 1.54) is 43.4 Å². The first kappa shape index (κ1) is 29.8. The second kappa shape index (κ2) is 14.4. The molecule has 2 aromatic carbocycles. The van der Waals surface area contributed by atoms with Gasteiger partial charge in [0.25, 0.3) is 0 Å². The molecular weight excluding hydrogens is 508 g/mol. The van der Waals surface area contributed by atoms with E-state index in [0.717, 1.165) is 34.0 Å². The Morgan fingerprint density at radius 1 is 1.21 bits per heavy atom. The quantitative estimate of drug-likeness (QED) is 0.0944. The zero-order valence-corrected chi connectivity index (χ0v) is 23.8. The van der Waals surface area contributed by atoms with Crippen molar-refractivity contribution in [3.05, 3.63) is 95.8 Å². The van der Waals surface area contributed by atoms with Gasteiger partial charge in [0.2, 0.25) is 6.41 Å². The predicted molar refractivity (Wildman–Crippen MR) is 164 cm³/mol.